The van der Waals surface area contributed by atoms with E-state index in [2.05, 4.69) is 20.9 Å². The first-order valence-electron chi connectivity index (χ1n) is 15.0. The van der Waals surface area contributed by atoms with Crippen LogP contribution < -0.4 is 0 Å². The zero-order valence-electron chi connectivity index (χ0n) is 27.5. The van der Waals surface area contributed by atoms with E-state index in [1.807, 2.05) is 38.1 Å². The van der Waals surface area contributed by atoms with E-state index in [4.69, 9.17) is 34.4 Å². The molecule has 2 aliphatic heterocycles. The van der Waals surface area contributed by atoms with Gasteiger partial charge >= 0.3 is 42.4 Å². The molecule has 0 radical (unpaired) electrons. The standard InChI is InChI=1S/C25H32FN3O2.3C2HF3O2/c1-3-31-24(30)25-12-5-13-28(14-20-8-10-22(26)11-9-20)15-21(25)16-29(18-25)17-23-7-4-6-19(2)27-23;3*3-2(4,5)1(6)7/h4,6-11,21H,3,5,12-18H2,1-2H3;3*(H,6,7)/t21-,25-;;;/m0.../s1. The predicted octanol–water partition coefficient (Wildman–Crippen LogP) is 5.71. The molecule has 0 saturated carbocycles. The van der Waals surface area contributed by atoms with E-state index in [9.17, 15) is 48.7 Å². The topological polar surface area (TPSA) is 158 Å². The number of fused-ring (bicyclic) bond motifs is 1. The number of rotatable bonds is 6. The Morgan fingerprint density at radius 1 is 0.808 bits per heavy atom. The normalized spacial score (nSPS) is 19.2. The average Bonchev–Trinajstić information content (AvgIpc) is 3.25. The van der Waals surface area contributed by atoms with Crippen LogP contribution in [0.1, 0.15) is 36.7 Å². The van der Waals surface area contributed by atoms with Gasteiger partial charge in [0.05, 0.1) is 17.7 Å². The third-order valence-electron chi connectivity index (χ3n) is 7.40. The number of hydrogen-bond acceptors (Lipinski definition) is 8. The first-order valence-corrected chi connectivity index (χ1v) is 15.0. The molecule has 1 aromatic heterocycles. The van der Waals surface area contributed by atoms with Crippen LogP contribution in [0.4, 0.5) is 43.9 Å². The van der Waals surface area contributed by atoms with E-state index < -0.39 is 41.9 Å². The second-order valence-electron chi connectivity index (χ2n) is 11.4. The van der Waals surface area contributed by atoms with Gasteiger partial charge < -0.3 is 20.1 Å². The van der Waals surface area contributed by atoms with Crippen molar-refractivity contribution >= 4 is 23.9 Å². The number of carbonyl (C=O) groups is 4. The molecule has 2 aromatic rings. The highest BCUT2D eigenvalue weighted by Gasteiger charge is 2.54. The highest BCUT2D eigenvalue weighted by molar-refractivity contribution is 5.78. The van der Waals surface area contributed by atoms with Gasteiger partial charge in [-0.15, -0.1) is 0 Å². The first-order chi connectivity index (χ1) is 23.8. The molecule has 21 heteroatoms. The summed E-state index contributed by atoms with van der Waals surface area (Å²) in [6, 6.07) is 12.8. The Balaban J connectivity index is 0.000000525. The number of carbonyl (C=O) groups excluding carboxylic acids is 1. The van der Waals surface area contributed by atoms with Crippen molar-refractivity contribution in [2.45, 2.75) is 58.3 Å². The number of pyridine rings is 1. The maximum Gasteiger partial charge on any atom is 0.490 e. The number of aryl methyl sites for hydroxylation is 1. The van der Waals surface area contributed by atoms with Gasteiger partial charge in [0, 0.05) is 44.3 Å². The molecular formula is C31H35F10N3O8. The van der Waals surface area contributed by atoms with Crippen LogP contribution in [-0.4, -0.2) is 105 Å². The Kier molecular flexibility index (Phi) is 16.9. The van der Waals surface area contributed by atoms with E-state index in [0.29, 0.717) is 6.61 Å². The van der Waals surface area contributed by atoms with Crippen LogP contribution in [0, 0.1) is 24.1 Å². The summed E-state index contributed by atoms with van der Waals surface area (Å²) >= 11 is 0. The number of carboxylic acid groups (broad SMARTS) is 3. The van der Waals surface area contributed by atoms with Crippen molar-refractivity contribution in [2.24, 2.45) is 11.3 Å². The molecule has 0 spiro atoms. The largest absolute Gasteiger partial charge is 0.490 e. The van der Waals surface area contributed by atoms with Crippen LogP contribution in [0.5, 0.6) is 0 Å². The molecule has 0 bridgehead atoms. The number of benzene rings is 1. The number of likely N-dealkylation sites (tertiary alicyclic amines) is 2. The van der Waals surface area contributed by atoms with E-state index in [1.165, 1.54) is 12.1 Å². The van der Waals surface area contributed by atoms with Gasteiger partial charge in [0.1, 0.15) is 5.82 Å². The van der Waals surface area contributed by atoms with Gasteiger partial charge in [-0.05, 0) is 63.1 Å². The third-order valence-corrected chi connectivity index (χ3v) is 7.40. The van der Waals surface area contributed by atoms with Gasteiger partial charge in [-0.2, -0.15) is 39.5 Å². The van der Waals surface area contributed by atoms with E-state index in [-0.39, 0.29) is 17.7 Å². The highest BCUT2D eigenvalue weighted by atomic mass is 19.4. The summed E-state index contributed by atoms with van der Waals surface area (Å²) in [5.74, 6) is -8.33. The summed E-state index contributed by atoms with van der Waals surface area (Å²) < 4.78 is 114. The Bertz CT molecular complexity index is 1430. The summed E-state index contributed by atoms with van der Waals surface area (Å²) in [5.41, 5.74) is 2.69. The number of esters is 1. The molecule has 11 nitrogen and oxygen atoms in total. The van der Waals surface area contributed by atoms with Crippen LogP contribution in [0.25, 0.3) is 0 Å². The van der Waals surface area contributed by atoms with Crippen LogP contribution in [0.15, 0.2) is 42.5 Å². The maximum atomic E-state index is 13.3. The Labute approximate surface area is 289 Å². The molecule has 4 rings (SSSR count). The molecular weight excluding hydrogens is 732 g/mol. The van der Waals surface area contributed by atoms with Gasteiger partial charge in [0.2, 0.25) is 0 Å². The number of ether oxygens (including phenoxy) is 1. The molecule has 0 amide bonds. The minimum absolute atomic E-state index is 0.0525. The fraction of sp³-hybridized carbons (Fsp3) is 0.516. The number of aliphatic carboxylic acids is 3. The average molecular weight is 768 g/mol. The summed E-state index contributed by atoms with van der Waals surface area (Å²) in [6.45, 7) is 9.17. The zero-order valence-corrected chi connectivity index (χ0v) is 27.5. The fourth-order valence-electron chi connectivity index (χ4n) is 5.25. The van der Waals surface area contributed by atoms with Crippen molar-refractivity contribution in [2.75, 3.05) is 32.8 Å². The lowest BCUT2D eigenvalue weighted by molar-refractivity contribution is -0.193. The number of hydrogen-bond donors (Lipinski definition) is 3. The Morgan fingerprint density at radius 2 is 1.29 bits per heavy atom. The van der Waals surface area contributed by atoms with Gasteiger partial charge in [-0.25, -0.2) is 18.8 Å². The second-order valence-corrected chi connectivity index (χ2v) is 11.4. The molecule has 0 unspecified atom stereocenters. The minimum atomic E-state index is -5.08. The lowest BCUT2D eigenvalue weighted by atomic mass is 9.75. The van der Waals surface area contributed by atoms with Crippen LogP contribution in [0.2, 0.25) is 0 Å². The minimum Gasteiger partial charge on any atom is -0.475 e. The van der Waals surface area contributed by atoms with Crippen molar-refractivity contribution in [1.29, 1.82) is 0 Å². The summed E-state index contributed by atoms with van der Waals surface area (Å²) in [7, 11) is 0. The molecule has 2 fully saturated rings. The highest BCUT2D eigenvalue weighted by Crippen LogP contribution is 2.44. The Morgan fingerprint density at radius 3 is 1.73 bits per heavy atom. The summed E-state index contributed by atoms with van der Waals surface area (Å²) in [6.07, 6.45) is -13.5. The number of aromatic nitrogens is 1. The molecule has 2 saturated heterocycles. The van der Waals surface area contributed by atoms with Crippen molar-refractivity contribution in [3.8, 4) is 0 Å². The summed E-state index contributed by atoms with van der Waals surface area (Å²) in [4.78, 5) is 49.3. The van der Waals surface area contributed by atoms with Gasteiger partial charge in [0.15, 0.2) is 0 Å². The molecule has 292 valence electrons. The lowest BCUT2D eigenvalue weighted by Gasteiger charge is -2.31. The van der Waals surface area contributed by atoms with Crippen molar-refractivity contribution in [1.82, 2.24) is 14.8 Å². The van der Waals surface area contributed by atoms with Crippen LogP contribution in [0.3, 0.4) is 0 Å². The monoisotopic (exact) mass is 767 g/mol. The molecule has 52 heavy (non-hydrogen) atoms. The molecule has 3 heterocycles. The number of alkyl halides is 9. The number of carboxylic acids is 3. The first kappa shape index (κ1) is 45.5. The van der Waals surface area contributed by atoms with Crippen molar-refractivity contribution < 1.29 is 83.1 Å². The smallest absolute Gasteiger partial charge is 0.475 e. The molecule has 2 aliphatic rings. The van der Waals surface area contributed by atoms with Gasteiger partial charge in [-0.1, -0.05) is 18.2 Å². The predicted molar refractivity (Wildman–Crippen MR) is 159 cm³/mol. The Hall–Kier alpha value is -4.53. The quantitative estimate of drug-likeness (QED) is 0.245. The number of halogens is 10. The van der Waals surface area contributed by atoms with Gasteiger partial charge in [0.25, 0.3) is 0 Å². The fourth-order valence-corrected chi connectivity index (χ4v) is 5.25. The number of nitrogens with zero attached hydrogens (tertiary/aromatic N) is 3. The zero-order chi connectivity index (χ0) is 40.1. The molecule has 2 atom stereocenters. The summed E-state index contributed by atoms with van der Waals surface area (Å²) in [5, 5.41) is 21.4. The van der Waals surface area contributed by atoms with Crippen LogP contribution >= 0.6 is 0 Å². The lowest BCUT2D eigenvalue weighted by Crippen LogP contribution is -2.42. The van der Waals surface area contributed by atoms with E-state index >= 15 is 0 Å². The van der Waals surface area contributed by atoms with E-state index in [0.717, 1.165) is 69.1 Å². The van der Waals surface area contributed by atoms with E-state index in [1.54, 1.807) is 0 Å². The second kappa shape index (κ2) is 19.3. The van der Waals surface area contributed by atoms with Crippen molar-refractivity contribution in [3.05, 3.63) is 65.2 Å². The molecule has 3 N–H and O–H groups in total. The molecule has 0 aliphatic carbocycles. The third kappa shape index (κ3) is 15.4. The van der Waals surface area contributed by atoms with Crippen LogP contribution in [-0.2, 0) is 37.0 Å². The maximum absolute atomic E-state index is 13.3. The SMILES string of the molecule is CCOC(=O)[C@]12CCCN(Cc3ccc(F)cc3)C[C@H]1CN(Cc1cccc(C)n1)C2.O=C(O)C(F)(F)F.O=C(O)C(F)(F)F.O=C(O)C(F)(F)F. The molecule has 1 aromatic carbocycles. The van der Waals surface area contributed by atoms with Gasteiger partial charge in [-0.3, -0.25) is 19.6 Å². The van der Waals surface area contributed by atoms with Crippen molar-refractivity contribution in [3.63, 3.8) is 0 Å².